The van der Waals surface area contributed by atoms with Gasteiger partial charge in [-0.15, -0.1) is 0 Å². The van der Waals surface area contributed by atoms with E-state index in [1.807, 2.05) is 12.3 Å². The number of pyridine rings is 1. The van der Waals surface area contributed by atoms with Gasteiger partial charge in [-0.25, -0.2) is 4.98 Å². The van der Waals surface area contributed by atoms with Crippen LogP contribution in [0.2, 0.25) is 5.02 Å². The normalized spacial score (nSPS) is 15.0. The fraction of sp³-hybridized carbons (Fsp3) is 0.667. The standard InChI is InChI=1S/C15H24ClN3/c1-4-7-19(13-5-6-13)15-14(16)8-12(10-18-15)9-17-11(2)3/h8,10-11,13,17H,4-7,9H2,1-3H3. The highest BCUT2D eigenvalue weighted by atomic mass is 35.5. The van der Waals surface area contributed by atoms with Gasteiger partial charge in [-0.3, -0.25) is 0 Å². The summed E-state index contributed by atoms with van der Waals surface area (Å²) in [5, 5.41) is 4.17. The van der Waals surface area contributed by atoms with Gasteiger partial charge in [0.2, 0.25) is 0 Å². The molecule has 1 aromatic heterocycles. The summed E-state index contributed by atoms with van der Waals surface area (Å²) >= 11 is 6.42. The van der Waals surface area contributed by atoms with Crippen molar-refractivity contribution in [1.82, 2.24) is 10.3 Å². The average molecular weight is 282 g/mol. The van der Waals surface area contributed by atoms with Crippen LogP contribution in [0.3, 0.4) is 0 Å². The summed E-state index contributed by atoms with van der Waals surface area (Å²) < 4.78 is 0. The molecule has 1 heterocycles. The van der Waals surface area contributed by atoms with Crippen molar-refractivity contribution >= 4 is 17.4 Å². The van der Waals surface area contributed by atoms with Crippen molar-refractivity contribution in [3.8, 4) is 0 Å². The lowest BCUT2D eigenvalue weighted by Gasteiger charge is -2.24. The molecule has 1 fully saturated rings. The Hall–Kier alpha value is -0.800. The van der Waals surface area contributed by atoms with E-state index in [9.17, 15) is 0 Å². The zero-order valence-corrected chi connectivity index (χ0v) is 12.9. The molecule has 0 spiro atoms. The number of rotatable bonds is 7. The molecule has 0 amide bonds. The Labute approximate surface area is 121 Å². The molecule has 3 nitrogen and oxygen atoms in total. The van der Waals surface area contributed by atoms with Crippen molar-refractivity contribution in [1.29, 1.82) is 0 Å². The van der Waals surface area contributed by atoms with Crippen LogP contribution in [0.15, 0.2) is 12.3 Å². The van der Waals surface area contributed by atoms with Gasteiger partial charge in [0.15, 0.2) is 0 Å². The van der Waals surface area contributed by atoms with E-state index in [0.717, 1.165) is 35.9 Å². The molecule has 0 unspecified atom stereocenters. The van der Waals surface area contributed by atoms with E-state index in [1.54, 1.807) is 0 Å². The summed E-state index contributed by atoms with van der Waals surface area (Å²) in [6.45, 7) is 8.34. The predicted molar refractivity (Wildman–Crippen MR) is 81.9 cm³/mol. The van der Waals surface area contributed by atoms with E-state index >= 15 is 0 Å². The zero-order valence-electron chi connectivity index (χ0n) is 12.1. The molecule has 106 valence electrons. The summed E-state index contributed by atoms with van der Waals surface area (Å²) in [6, 6.07) is 3.18. The molecule has 0 saturated heterocycles. The molecular formula is C15H24ClN3. The van der Waals surface area contributed by atoms with Crippen LogP contribution in [0.25, 0.3) is 0 Å². The minimum absolute atomic E-state index is 0.474. The second kappa shape index (κ2) is 6.58. The van der Waals surface area contributed by atoms with Crippen molar-refractivity contribution in [2.75, 3.05) is 11.4 Å². The van der Waals surface area contributed by atoms with Gasteiger partial charge in [0, 0.05) is 31.4 Å². The van der Waals surface area contributed by atoms with Crippen molar-refractivity contribution in [2.45, 2.75) is 58.7 Å². The minimum Gasteiger partial charge on any atom is -0.352 e. The van der Waals surface area contributed by atoms with Crippen LogP contribution < -0.4 is 10.2 Å². The largest absolute Gasteiger partial charge is 0.352 e. The van der Waals surface area contributed by atoms with E-state index < -0.39 is 0 Å². The summed E-state index contributed by atoms with van der Waals surface area (Å²) in [7, 11) is 0. The highest BCUT2D eigenvalue weighted by Gasteiger charge is 2.30. The number of halogens is 1. The van der Waals surface area contributed by atoms with Crippen LogP contribution in [-0.2, 0) is 6.54 Å². The molecule has 1 aromatic rings. The summed E-state index contributed by atoms with van der Waals surface area (Å²) in [5.41, 5.74) is 1.15. The Morgan fingerprint density at radius 2 is 2.21 bits per heavy atom. The average Bonchev–Trinajstić information content (AvgIpc) is 3.18. The van der Waals surface area contributed by atoms with Crippen LogP contribution in [0.4, 0.5) is 5.82 Å². The quantitative estimate of drug-likeness (QED) is 0.827. The van der Waals surface area contributed by atoms with Gasteiger partial charge in [-0.2, -0.15) is 0 Å². The molecule has 19 heavy (non-hydrogen) atoms. The second-order valence-corrected chi connectivity index (χ2v) is 6.02. The van der Waals surface area contributed by atoms with E-state index in [-0.39, 0.29) is 0 Å². The number of nitrogens with zero attached hydrogens (tertiary/aromatic N) is 2. The highest BCUT2D eigenvalue weighted by molar-refractivity contribution is 6.33. The maximum absolute atomic E-state index is 6.42. The number of anilines is 1. The summed E-state index contributed by atoms with van der Waals surface area (Å²) in [6.07, 6.45) is 5.62. The predicted octanol–water partition coefficient (Wildman–Crippen LogP) is 3.61. The molecule has 4 heteroatoms. The lowest BCUT2D eigenvalue weighted by atomic mass is 10.2. The van der Waals surface area contributed by atoms with E-state index in [4.69, 9.17) is 11.6 Å². The van der Waals surface area contributed by atoms with Gasteiger partial charge in [0.25, 0.3) is 0 Å². The molecule has 1 saturated carbocycles. The number of aromatic nitrogens is 1. The fourth-order valence-electron chi connectivity index (χ4n) is 2.19. The zero-order chi connectivity index (χ0) is 13.8. The molecule has 1 aliphatic rings. The fourth-order valence-corrected chi connectivity index (χ4v) is 2.49. The Balaban J connectivity index is 2.08. The van der Waals surface area contributed by atoms with Crippen LogP contribution in [0.1, 0.15) is 45.6 Å². The van der Waals surface area contributed by atoms with Gasteiger partial charge in [-0.05, 0) is 30.9 Å². The molecule has 1 N–H and O–H groups in total. The van der Waals surface area contributed by atoms with Crippen LogP contribution >= 0.6 is 11.6 Å². The smallest absolute Gasteiger partial charge is 0.147 e. The summed E-state index contributed by atoms with van der Waals surface area (Å²) in [5.74, 6) is 0.958. The Bertz CT molecular complexity index is 416. The topological polar surface area (TPSA) is 28.2 Å². The van der Waals surface area contributed by atoms with Gasteiger partial charge in [0.05, 0.1) is 5.02 Å². The van der Waals surface area contributed by atoms with Crippen LogP contribution in [0.5, 0.6) is 0 Å². The third kappa shape index (κ3) is 4.08. The monoisotopic (exact) mass is 281 g/mol. The SMILES string of the molecule is CCCN(c1ncc(CNC(C)C)cc1Cl)C1CC1. The van der Waals surface area contributed by atoms with Crippen molar-refractivity contribution < 1.29 is 0 Å². The van der Waals surface area contributed by atoms with Crippen molar-refractivity contribution in [2.24, 2.45) is 0 Å². The summed E-state index contributed by atoms with van der Waals surface area (Å²) in [4.78, 5) is 6.95. The van der Waals surface area contributed by atoms with Crippen molar-refractivity contribution in [3.05, 3.63) is 22.8 Å². The lowest BCUT2D eigenvalue weighted by molar-refractivity contribution is 0.588. The van der Waals surface area contributed by atoms with E-state index in [2.05, 4.69) is 36.0 Å². The first kappa shape index (κ1) is 14.6. The first-order valence-electron chi connectivity index (χ1n) is 7.26. The first-order chi connectivity index (χ1) is 9.11. The number of hydrogen-bond donors (Lipinski definition) is 1. The molecule has 0 aromatic carbocycles. The van der Waals surface area contributed by atoms with Gasteiger partial charge < -0.3 is 10.2 Å². The molecule has 0 atom stereocenters. The van der Waals surface area contributed by atoms with Gasteiger partial charge >= 0.3 is 0 Å². The van der Waals surface area contributed by atoms with Crippen molar-refractivity contribution in [3.63, 3.8) is 0 Å². The van der Waals surface area contributed by atoms with Gasteiger partial charge in [0.1, 0.15) is 5.82 Å². The minimum atomic E-state index is 0.474. The Kier molecular flexibility index (Phi) is 5.06. The molecule has 0 bridgehead atoms. The molecule has 0 aliphatic heterocycles. The third-order valence-electron chi connectivity index (χ3n) is 3.32. The lowest BCUT2D eigenvalue weighted by Crippen LogP contribution is -2.28. The van der Waals surface area contributed by atoms with Crippen LogP contribution in [0, 0.1) is 0 Å². The molecular weight excluding hydrogens is 258 g/mol. The maximum atomic E-state index is 6.42. The molecule has 2 rings (SSSR count). The molecule has 0 radical (unpaired) electrons. The van der Waals surface area contributed by atoms with Crippen LogP contribution in [-0.4, -0.2) is 23.6 Å². The van der Waals surface area contributed by atoms with E-state index in [1.165, 1.54) is 12.8 Å². The first-order valence-corrected chi connectivity index (χ1v) is 7.64. The highest BCUT2D eigenvalue weighted by Crippen LogP contribution is 2.34. The maximum Gasteiger partial charge on any atom is 0.147 e. The van der Waals surface area contributed by atoms with Gasteiger partial charge in [-0.1, -0.05) is 32.4 Å². The number of nitrogens with one attached hydrogen (secondary N) is 1. The Morgan fingerprint density at radius 3 is 2.74 bits per heavy atom. The third-order valence-corrected chi connectivity index (χ3v) is 3.60. The number of hydrogen-bond acceptors (Lipinski definition) is 3. The Morgan fingerprint density at radius 1 is 1.47 bits per heavy atom. The second-order valence-electron chi connectivity index (χ2n) is 5.61. The van der Waals surface area contributed by atoms with E-state index in [0.29, 0.717) is 12.1 Å². The molecule has 1 aliphatic carbocycles.